The third-order valence-electron chi connectivity index (χ3n) is 3.40. The van der Waals surface area contributed by atoms with E-state index in [1.165, 1.54) is 0 Å². The molecule has 0 aliphatic heterocycles. The summed E-state index contributed by atoms with van der Waals surface area (Å²) in [5, 5.41) is 9.58. The van der Waals surface area contributed by atoms with Crippen molar-refractivity contribution in [3.63, 3.8) is 0 Å². The number of para-hydroxylation sites is 1. The molecule has 5 heteroatoms. The average molecular weight is 301 g/mol. The first-order valence-electron chi connectivity index (χ1n) is 7.00. The zero-order valence-corrected chi connectivity index (χ0v) is 12.9. The molecule has 0 saturated heterocycles. The normalized spacial score (nSPS) is 11.2. The van der Waals surface area contributed by atoms with Crippen LogP contribution in [0, 0.1) is 6.92 Å². The van der Waals surface area contributed by atoms with Gasteiger partial charge in [-0.05, 0) is 25.6 Å². The van der Waals surface area contributed by atoms with Gasteiger partial charge in [0.15, 0.2) is 5.82 Å². The Labute approximate surface area is 128 Å². The Bertz CT molecular complexity index is 760. The van der Waals surface area contributed by atoms with E-state index >= 15 is 0 Å². The van der Waals surface area contributed by atoms with Crippen molar-refractivity contribution in [2.75, 3.05) is 6.54 Å². The molecule has 4 nitrogen and oxygen atoms in total. The number of hydrogen-bond donors (Lipinski definition) is 1. The molecule has 21 heavy (non-hydrogen) atoms. The van der Waals surface area contributed by atoms with E-state index < -0.39 is 0 Å². The number of nitrogens with one attached hydrogen (secondary N) is 1. The number of hydrogen-bond acceptors (Lipinski definition) is 3. The largest absolute Gasteiger partial charge is 0.313 e. The van der Waals surface area contributed by atoms with Crippen LogP contribution in [0.1, 0.15) is 18.2 Å². The van der Waals surface area contributed by atoms with Crippen LogP contribution in [0.2, 0.25) is 5.02 Å². The second-order valence-corrected chi connectivity index (χ2v) is 5.36. The lowest BCUT2D eigenvalue weighted by Gasteiger charge is -2.11. The van der Waals surface area contributed by atoms with Crippen molar-refractivity contribution in [3.05, 3.63) is 52.8 Å². The van der Waals surface area contributed by atoms with Crippen LogP contribution in [0.5, 0.6) is 0 Å². The standard InChI is InChI=1S/C16H17ClN4/c1-3-18-9-13-8-12-6-4-5-7-15(12)19-16(13)21-10-14(17)11(2)20-21/h4-8,10,18H,3,9H2,1-2H3. The topological polar surface area (TPSA) is 42.7 Å². The molecule has 0 unspecified atom stereocenters. The molecule has 2 heterocycles. The molecule has 0 amide bonds. The predicted molar refractivity (Wildman–Crippen MR) is 86.0 cm³/mol. The van der Waals surface area contributed by atoms with Crippen LogP contribution in [0.4, 0.5) is 0 Å². The van der Waals surface area contributed by atoms with Crippen molar-refractivity contribution in [2.24, 2.45) is 0 Å². The molecule has 0 fully saturated rings. The molecule has 0 aliphatic carbocycles. The number of halogens is 1. The van der Waals surface area contributed by atoms with Crippen LogP contribution >= 0.6 is 11.6 Å². The third kappa shape index (κ3) is 2.77. The minimum atomic E-state index is 0.652. The molecule has 2 aromatic heterocycles. The van der Waals surface area contributed by atoms with E-state index in [0.717, 1.165) is 41.1 Å². The van der Waals surface area contributed by atoms with Crippen LogP contribution in [-0.2, 0) is 6.54 Å². The number of aryl methyl sites for hydroxylation is 1. The van der Waals surface area contributed by atoms with E-state index in [9.17, 15) is 0 Å². The highest BCUT2D eigenvalue weighted by atomic mass is 35.5. The van der Waals surface area contributed by atoms with Gasteiger partial charge in [0.25, 0.3) is 0 Å². The van der Waals surface area contributed by atoms with E-state index in [0.29, 0.717) is 5.02 Å². The van der Waals surface area contributed by atoms with Crippen LogP contribution in [0.25, 0.3) is 16.7 Å². The van der Waals surface area contributed by atoms with Gasteiger partial charge in [-0.25, -0.2) is 9.67 Å². The molecule has 0 aliphatic rings. The summed E-state index contributed by atoms with van der Waals surface area (Å²) in [6.07, 6.45) is 1.81. The maximum absolute atomic E-state index is 6.13. The highest BCUT2D eigenvalue weighted by Gasteiger charge is 2.11. The smallest absolute Gasteiger partial charge is 0.158 e. The number of pyridine rings is 1. The summed E-state index contributed by atoms with van der Waals surface area (Å²) in [4.78, 5) is 4.75. The summed E-state index contributed by atoms with van der Waals surface area (Å²) in [5.74, 6) is 0.824. The summed E-state index contributed by atoms with van der Waals surface area (Å²) in [5.41, 5.74) is 2.87. The first-order valence-corrected chi connectivity index (χ1v) is 7.38. The molecule has 3 rings (SSSR count). The second-order valence-electron chi connectivity index (χ2n) is 4.95. The molecule has 0 radical (unpaired) electrons. The van der Waals surface area contributed by atoms with Gasteiger partial charge >= 0.3 is 0 Å². The van der Waals surface area contributed by atoms with Crippen LogP contribution in [0.15, 0.2) is 36.5 Å². The molecule has 1 aromatic carbocycles. The van der Waals surface area contributed by atoms with E-state index in [1.807, 2.05) is 31.3 Å². The fraction of sp³-hybridized carbons (Fsp3) is 0.250. The minimum absolute atomic E-state index is 0.652. The Morgan fingerprint density at radius 2 is 2.10 bits per heavy atom. The van der Waals surface area contributed by atoms with Crippen LogP contribution < -0.4 is 5.32 Å². The third-order valence-corrected chi connectivity index (χ3v) is 3.77. The predicted octanol–water partition coefficient (Wildman–Crippen LogP) is 3.49. The summed E-state index contributed by atoms with van der Waals surface area (Å²) in [6, 6.07) is 10.3. The van der Waals surface area contributed by atoms with Crippen molar-refractivity contribution < 1.29 is 0 Å². The molecular weight excluding hydrogens is 284 g/mol. The Morgan fingerprint density at radius 1 is 1.29 bits per heavy atom. The molecular formula is C16H17ClN4. The SMILES string of the molecule is CCNCc1cc2ccccc2nc1-n1cc(Cl)c(C)n1. The first kappa shape index (κ1) is 14.0. The lowest BCUT2D eigenvalue weighted by molar-refractivity contribution is 0.711. The molecule has 0 spiro atoms. The summed E-state index contributed by atoms with van der Waals surface area (Å²) in [6.45, 7) is 5.64. The Hall–Kier alpha value is -1.91. The van der Waals surface area contributed by atoms with Gasteiger partial charge in [0.1, 0.15) is 0 Å². The van der Waals surface area contributed by atoms with Gasteiger partial charge < -0.3 is 5.32 Å². The average Bonchev–Trinajstić information content (AvgIpc) is 2.83. The van der Waals surface area contributed by atoms with E-state index in [-0.39, 0.29) is 0 Å². The maximum atomic E-state index is 6.13. The fourth-order valence-corrected chi connectivity index (χ4v) is 2.42. The summed E-state index contributed by atoms with van der Waals surface area (Å²) < 4.78 is 1.76. The number of rotatable bonds is 4. The van der Waals surface area contributed by atoms with E-state index in [4.69, 9.17) is 16.6 Å². The number of benzene rings is 1. The zero-order chi connectivity index (χ0) is 14.8. The van der Waals surface area contributed by atoms with Crippen molar-refractivity contribution in [1.29, 1.82) is 0 Å². The highest BCUT2D eigenvalue weighted by molar-refractivity contribution is 6.31. The van der Waals surface area contributed by atoms with Gasteiger partial charge in [0, 0.05) is 17.5 Å². The monoisotopic (exact) mass is 300 g/mol. The van der Waals surface area contributed by atoms with Gasteiger partial charge in [-0.1, -0.05) is 36.7 Å². The molecule has 0 bridgehead atoms. The van der Waals surface area contributed by atoms with Gasteiger partial charge in [-0.3, -0.25) is 0 Å². The summed E-state index contributed by atoms with van der Waals surface area (Å²) in [7, 11) is 0. The van der Waals surface area contributed by atoms with Gasteiger partial charge in [-0.2, -0.15) is 5.10 Å². The van der Waals surface area contributed by atoms with Crippen LogP contribution in [-0.4, -0.2) is 21.3 Å². The zero-order valence-electron chi connectivity index (χ0n) is 12.1. The molecule has 3 aromatic rings. The maximum Gasteiger partial charge on any atom is 0.158 e. The number of fused-ring (bicyclic) bond motifs is 1. The van der Waals surface area contributed by atoms with Gasteiger partial charge in [0.2, 0.25) is 0 Å². The minimum Gasteiger partial charge on any atom is -0.313 e. The van der Waals surface area contributed by atoms with Crippen molar-refractivity contribution in [1.82, 2.24) is 20.1 Å². The Balaban J connectivity index is 2.17. The molecule has 108 valence electrons. The fourth-order valence-electron chi connectivity index (χ4n) is 2.29. The van der Waals surface area contributed by atoms with Gasteiger partial charge in [-0.15, -0.1) is 0 Å². The van der Waals surface area contributed by atoms with Crippen molar-refractivity contribution in [2.45, 2.75) is 20.4 Å². The van der Waals surface area contributed by atoms with E-state index in [1.54, 1.807) is 4.68 Å². The number of aromatic nitrogens is 3. The van der Waals surface area contributed by atoms with Crippen molar-refractivity contribution in [3.8, 4) is 5.82 Å². The van der Waals surface area contributed by atoms with E-state index in [2.05, 4.69) is 29.5 Å². The Kier molecular flexibility index (Phi) is 3.90. The van der Waals surface area contributed by atoms with Crippen molar-refractivity contribution >= 4 is 22.5 Å². The van der Waals surface area contributed by atoms with Crippen LogP contribution in [0.3, 0.4) is 0 Å². The van der Waals surface area contributed by atoms with Gasteiger partial charge in [0.05, 0.1) is 22.4 Å². The summed E-state index contributed by atoms with van der Waals surface area (Å²) >= 11 is 6.13. The number of nitrogens with zero attached hydrogens (tertiary/aromatic N) is 3. The molecule has 1 N–H and O–H groups in total. The lowest BCUT2D eigenvalue weighted by Crippen LogP contribution is -2.15. The second kappa shape index (κ2) is 5.84. The Morgan fingerprint density at radius 3 is 2.81 bits per heavy atom. The first-order chi connectivity index (χ1) is 10.2. The lowest BCUT2D eigenvalue weighted by atomic mass is 10.1. The molecule has 0 atom stereocenters. The molecule has 0 saturated carbocycles. The highest BCUT2D eigenvalue weighted by Crippen LogP contribution is 2.22. The quantitative estimate of drug-likeness (QED) is 0.802.